The van der Waals surface area contributed by atoms with Gasteiger partial charge in [0.05, 0.1) is 5.69 Å². The Balaban J connectivity index is 2.12. The number of thiazole rings is 1. The largest absolute Gasteiger partial charge is 0.478 e. The summed E-state index contributed by atoms with van der Waals surface area (Å²) in [5.74, 6) is -0.521. The van der Waals surface area contributed by atoms with Crippen molar-refractivity contribution in [1.82, 2.24) is 15.0 Å². The van der Waals surface area contributed by atoms with E-state index in [2.05, 4.69) is 15.0 Å². The van der Waals surface area contributed by atoms with Crippen molar-refractivity contribution in [1.29, 1.82) is 0 Å². The van der Waals surface area contributed by atoms with Crippen LogP contribution in [0.5, 0.6) is 0 Å². The molecule has 0 spiro atoms. The van der Waals surface area contributed by atoms with Gasteiger partial charge in [0.15, 0.2) is 0 Å². The molecule has 0 aliphatic rings. The van der Waals surface area contributed by atoms with E-state index in [-0.39, 0.29) is 5.56 Å². The molecule has 2 aromatic rings. The van der Waals surface area contributed by atoms with E-state index < -0.39 is 5.97 Å². The molecule has 5 nitrogen and oxygen atoms in total. The van der Waals surface area contributed by atoms with Crippen LogP contribution in [0.1, 0.15) is 16.1 Å². The smallest absolute Gasteiger partial charge is 0.339 e. The summed E-state index contributed by atoms with van der Waals surface area (Å²) in [5.41, 5.74) is 0.661. The molecule has 0 aliphatic heterocycles. The second kappa shape index (κ2) is 5.04. The van der Waals surface area contributed by atoms with Gasteiger partial charge in [0, 0.05) is 23.5 Å². The fourth-order valence-electron chi connectivity index (χ4n) is 1.06. The van der Waals surface area contributed by atoms with Crippen LogP contribution in [0.2, 0.25) is 0 Å². The van der Waals surface area contributed by atoms with E-state index in [1.807, 2.05) is 5.38 Å². The number of hydrogen-bond acceptors (Lipinski definition) is 6. The van der Waals surface area contributed by atoms with Gasteiger partial charge in [0.25, 0.3) is 0 Å². The first-order chi connectivity index (χ1) is 7.77. The lowest BCUT2D eigenvalue weighted by Gasteiger charge is -2.01. The molecule has 1 N–H and O–H groups in total. The first-order valence-corrected chi connectivity index (χ1v) is 6.18. The molecule has 0 saturated heterocycles. The lowest BCUT2D eigenvalue weighted by Crippen LogP contribution is -2.04. The lowest BCUT2D eigenvalue weighted by molar-refractivity contribution is 0.0695. The third-order valence-electron chi connectivity index (χ3n) is 1.77. The van der Waals surface area contributed by atoms with Gasteiger partial charge in [-0.3, -0.25) is 0 Å². The fourth-order valence-corrected chi connectivity index (χ4v) is 2.66. The van der Waals surface area contributed by atoms with Crippen LogP contribution in [0.3, 0.4) is 0 Å². The van der Waals surface area contributed by atoms with Crippen LogP contribution in [0.15, 0.2) is 28.4 Å². The van der Waals surface area contributed by atoms with E-state index in [1.54, 1.807) is 6.20 Å². The zero-order valence-corrected chi connectivity index (χ0v) is 9.66. The normalized spacial score (nSPS) is 10.2. The van der Waals surface area contributed by atoms with Crippen LogP contribution in [0, 0.1) is 0 Å². The summed E-state index contributed by atoms with van der Waals surface area (Å²) < 4.78 is 0.898. The molecule has 82 valence electrons. The highest BCUT2D eigenvalue weighted by Crippen LogP contribution is 2.24. The zero-order chi connectivity index (χ0) is 11.4. The molecule has 0 saturated carbocycles. The summed E-state index contributed by atoms with van der Waals surface area (Å²) in [4.78, 5) is 22.6. The van der Waals surface area contributed by atoms with Crippen molar-refractivity contribution >= 4 is 29.1 Å². The number of rotatable bonds is 4. The van der Waals surface area contributed by atoms with Gasteiger partial charge in [0.2, 0.25) is 0 Å². The summed E-state index contributed by atoms with van der Waals surface area (Å²) in [5, 5.41) is 10.8. The second-order valence-corrected chi connectivity index (χ2v) is 4.89. The minimum Gasteiger partial charge on any atom is -0.478 e. The number of nitrogens with zero attached hydrogens (tertiary/aromatic N) is 3. The van der Waals surface area contributed by atoms with Crippen molar-refractivity contribution in [2.45, 2.75) is 10.1 Å². The molecule has 0 radical (unpaired) electrons. The third kappa shape index (κ3) is 2.56. The lowest BCUT2D eigenvalue weighted by atomic mass is 10.2. The first-order valence-electron chi connectivity index (χ1n) is 4.32. The van der Waals surface area contributed by atoms with Crippen LogP contribution in [0.25, 0.3) is 0 Å². The first kappa shape index (κ1) is 11.0. The predicted octanol–water partition coefficient (Wildman–Crippen LogP) is 1.92. The van der Waals surface area contributed by atoms with Crippen LogP contribution in [-0.2, 0) is 5.75 Å². The summed E-state index contributed by atoms with van der Waals surface area (Å²) in [6, 6.07) is 0. The van der Waals surface area contributed by atoms with E-state index in [0.29, 0.717) is 11.4 Å². The van der Waals surface area contributed by atoms with Crippen molar-refractivity contribution in [3.05, 3.63) is 35.4 Å². The molecular formula is C9H7N3O2S2. The highest BCUT2D eigenvalue weighted by atomic mass is 32.2. The molecule has 7 heteroatoms. The number of aromatic carboxylic acids is 1. The van der Waals surface area contributed by atoms with Gasteiger partial charge in [-0.25, -0.2) is 19.7 Å². The van der Waals surface area contributed by atoms with Gasteiger partial charge in [-0.2, -0.15) is 0 Å². The number of hydrogen-bond donors (Lipinski definition) is 1. The predicted molar refractivity (Wildman–Crippen MR) is 60.7 cm³/mol. The summed E-state index contributed by atoms with van der Waals surface area (Å²) in [6.45, 7) is 0. The molecule has 0 aromatic carbocycles. The number of aromatic nitrogens is 3. The standard InChI is InChI=1S/C9H7N3O2S2/c13-8(14)6-3-10-5-12-7(6)4-16-9-11-1-2-15-9/h1-3,5H,4H2,(H,13,14). The molecule has 0 amide bonds. The Morgan fingerprint density at radius 3 is 3.06 bits per heavy atom. The highest BCUT2D eigenvalue weighted by Gasteiger charge is 2.11. The van der Waals surface area contributed by atoms with Crippen LogP contribution >= 0.6 is 23.1 Å². The summed E-state index contributed by atoms with van der Waals surface area (Å²) >= 11 is 2.98. The third-order valence-corrected chi connectivity index (χ3v) is 3.74. The average molecular weight is 253 g/mol. The van der Waals surface area contributed by atoms with E-state index in [9.17, 15) is 4.79 Å². The number of carboxylic acid groups (broad SMARTS) is 1. The second-order valence-electron chi connectivity index (χ2n) is 2.77. The van der Waals surface area contributed by atoms with Crippen molar-refractivity contribution < 1.29 is 9.90 Å². The van der Waals surface area contributed by atoms with Gasteiger partial charge in [0.1, 0.15) is 16.2 Å². The maximum atomic E-state index is 10.9. The SMILES string of the molecule is O=C(O)c1cncnc1CSc1nccs1. The molecule has 0 fully saturated rings. The number of thioether (sulfide) groups is 1. The molecule has 0 atom stereocenters. The van der Waals surface area contributed by atoms with E-state index >= 15 is 0 Å². The van der Waals surface area contributed by atoms with E-state index in [0.717, 1.165) is 4.34 Å². The van der Waals surface area contributed by atoms with Crippen molar-refractivity contribution in [3.8, 4) is 0 Å². The molecule has 0 unspecified atom stereocenters. The molecule has 0 bridgehead atoms. The van der Waals surface area contributed by atoms with Crippen molar-refractivity contribution in [2.75, 3.05) is 0 Å². The van der Waals surface area contributed by atoms with Gasteiger partial charge in [-0.1, -0.05) is 11.8 Å². The van der Waals surface area contributed by atoms with Gasteiger partial charge < -0.3 is 5.11 Å². The fraction of sp³-hybridized carbons (Fsp3) is 0.111. The molecular weight excluding hydrogens is 246 g/mol. The Hall–Kier alpha value is -1.47. The Morgan fingerprint density at radius 1 is 1.50 bits per heavy atom. The number of carboxylic acids is 1. The van der Waals surface area contributed by atoms with E-state index in [1.165, 1.54) is 35.6 Å². The van der Waals surface area contributed by atoms with Crippen LogP contribution < -0.4 is 0 Å². The zero-order valence-electron chi connectivity index (χ0n) is 8.03. The maximum absolute atomic E-state index is 10.9. The Labute approximate surface area is 99.6 Å². The molecule has 16 heavy (non-hydrogen) atoms. The minimum absolute atomic E-state index is 0.145. The quantitative estimate of drug-likeness (QED) is 0.839. The maximum Gasteiger partial charge on any atom is 0.339 e. The Morgan fingerprint density at radius 2 is 2.38 bits per heavy atom. The van der Waals surface area contributed by atoms with Crippen LogP contribution in [0.4, 0.5) is 0 Å². The van der Waals surface area contributed by atoms with Crippen molar-refractivity contribution in [3.63, 3.8) is 0 Å². The summed E-state index contributed by atoms with van der Waals surface area (Å²) in [6.07, 6.45) is 4.38. The van der Waals surface area contributed by atoms with Crippen LogP contribution in [-0.4, -0.2) is 26.0 Å². The topological polar surface area (TPSA) is 76.0 Å². The number of carbonyl (C=O) groups is 1. The average Bonchev–Trinajstić information content (AvgIpc) is 2.79. The van der Waals surface area contributed by atoms with Gasteiger partial charge in [-0.15, -0.1) is 11.3 Å². The molecule has 2 heterocycles. The van der Waals surface area contributed by atoms with Gasteiger partial charge >= 0.3 is 5.97 Å². The molecule has 0 aliphatic carbocycles. The molecule has 2 aromatic heterocycles. The summed E-state index contributed by atoms with van der Waals surface area (Å²) in [7, 11) is 0. The van der Waals surface area contributed by atoms with Gasteiger partial charge in [-0.05, 0) is 0 Å². The Bertz CT molecular complexity index is 487. The highest BCUT2D eigenvalue weighted by molar-refractivity contribution is 8.00. The van der Waals surface area contributed by atoms with E-state index in [4.69, 9.17) is 5.11 Å². The molecule has 2 rings (SSSR count). The Kier molecular flexibility index (Phi) is 3.47. The minimum atomic E-state index is -1.00. The van der Waals surface area contributed by atoms with Crippen molar-refractivity contribution in [2.24, 2.45) is 0 Å². The monoisotopic (exact) mass is 253 g/mol.